The molecule has 0 saturated carbocycles. The Morgan fingerprint density at radius 2 is 1.61 bits per heavy atom. The summed E-state index contributed by atoms with van der Waals surface area (Å²) < 4.78 is 0. The Kier molecular flexibility index (Phi) is 3.47. The first kappa shape index (κ1) is 12.4. The second kappa shape index (κ2) is 5.05. The van der Waals surface area contributed by atoms with Crippen LogP contribution in [0, 0.1) is 6.92 Å². The largest absolute Gasteiger partial charge is 0.345 e. The molecule has 0 radical (unpaired) electrons. The highest BCUT2D eigenvalue weighted by molar-refractivity contribution is 5.95. The average molecular weight is 239 g/mol. The predicted octanol–water partition coefficient (Wildman–Crippen LogP) is 3.36. The van der Waals surface area contributed by atoms with Crippen LogP contribution in [0.2, 0.25) is 0 Å². The number of hydrogen-bond donors (Lipinski definition) is 0. The molecule has 0 bridgehead atoms. The zero-order valence-corrected chi connectivity index (χ0v) is 11.0. The minimum atomic E-state index is 0.0314. The first-order chi connectivity index (χ1) is 8.58. The highest BCUT2D eigenvalue weighted by atomic mass is 16.2. The van der Waals surface area contributed by atoms with Crippen molar-refractivity contribution in [3.05, 3.63) is 59.7 Å². The van der Waals surface area contributed by atoms with Crippen LogP contribution in [0.4, 0.5) is 0 Å². The molecule has 2 nitrogen and oxygen atoms in total. The second-order valence-corrected chi connectivity index (χ2v) is 4.65. The molecule has 2 aromatic rings. The Bertz CT molecular complexity index is 556. The number of carbonyl (C=O) groups excluding carboxylic acids is 1. The normalized spacial score (nSPS) is 10.2. The molecular formula is C16H17NO. The van der Waals surface area contributed by atoms with Gasteiger partial charge in [-0.15, -0.1) is 0 Å². The molecule has 18 heavy (non-hydrogen) atoms. The fourth-order valence-electron chi connectivity index (χ4n) is 1.84. The van der Waals surface area contributed by atoms with Crippen LogP contribution in [0.3, 0.4) is 0 Å². The summed E-state index contributed by atoms with van der Waals surface area (Å²) >= 11 is 0. The lowest BCUT2D eigenvalue weighted by Crippen LogP contribution is -2.21. The monoisotopic (exact) mass is 239 g/mol. The van der Waals surface area contributed by atoms with E-state index >= 15 is 0 Å². The summed E-state index contributed by atoms with van der Waals surface area (Å²) in [5.41, 5.74) is 4.16. The zero-order valence-electron chi connectivity index (χ0n) is 11.0. The van der Waals surface area contributed by atoms with E-state index in [1.165, 1.54) is 5.56 Å². The van der Waals surface area contributed by atoms with Gasteiger partial charge in [-0.1, -0.05) is 42.0 Å². The summed E-state index contributed by atoms with van der Waals surface area (Å²) in [5.74, 6) is 0.0314. The van der Waals surface area contributed by atoms with E-state index in [1.807, 2.05) is 24.3 Å². The maximum Gasteiger partial charge on any atom is 0.253 e. The Morgan fingerprint density at radius 3 is 2.22 bits per heavy atom. The molecular weight excluding hydrogens is 222 g/mol. The topological polar surface area (TPSA) is 20.3 Å². The number of rotatable bonds is 2. The van der Waals surface area contributed by atoms with Gasteiger partial charge in [0.05, 0.1) is 0 Å². The van der Waals surface area contributed by atoms with E-state index in [9.17, 15) is 4.79 Å². The highest BCUT2D eigenvalue weighted by Gasteiger charge is 2.08. The van der Waals surface area contributed by atoms with Gasteiger partial charge in [-0.3, -0.25) is 4.79 Å². The number of carbonyl (C=O) groups is 1. The van der Waals surface area contributed by atoms with Gasteiger partial charge in [0.15, 0.2) is 0 Å². The third-order valence-corrected chi connectivity index (χ3v) is 2.90. The molecule has 0 fully saturated rings. The first-order valence-corrected chi connectivity index (χ1v) is 5.96. The third kappa shape index (κ3) is 2.59. The van der Waals surface area contributed by atoms with E-state index in [2.05, 4.69) is 31.2 Å². The van der Waals surface area contributed by atoms with E-state index in [4.69, 9.17) is 0 Å². The van der Waals surface area contributed by atoms with E-state index in [0.29, 0.717) is 0 Å². The van der Waals surface area contributed by atoms with Gasteiger partial charge in [-0.2, -0.15) is 0 Å². The Morgan fingerprint density at radius 1 is 0.944 bits per heavy atom. The van der Waals surface area contributed by atoms with E-state index in [0.717, 1.165) is 16.7 Å². The average Bonchev–Trinajstić information content (AvgIpc) is 2.38. The summed E-state index contributed by atoms with van der Waals surface area (Å²) in [6.07, 6.45) is 0. The molecule has 0 saturated heterocycles. The van der Waals surface area contributed by atoms with Crippen molar-refractivity contribution in [1.29, 1.82) is 0 Å². The van der Waals surface area contributed by atoms with Gasteiger partial charge in [-0.05, 0) is 30.2 Å². The zero-order chi connectivity index (χ0) is 13.1. The molecule has 2 heteroatoms. The Hall–Kier alpha value is -2.09. The SMILES string of the molecule is Cc1ccc(-c2cccc(C(=O)N(C)C)c2)cc1. The highest BCUT2D eigenvalue weighted by Crippen LogP contribution is 2.21. The van der Waals surface area contributed by atoms with Crippen LogP contribution >= 0.6 is 0 Å². The Balaban J connectivity index is 2.38. The summed E-state index contributed by atoms with van der Waals surface area (Å²) in [6.45, 7) is 2.07. The molecule has 0 spiro atoms. The van der Waals surface area contributed by atoms with Crippen LogP contribution in [0.25, 0.3) is 11.1 Å². The van der Waals surface area contributed by atoms with Crippen molar-refractivity contribution in [3.63, 3.8) is 0 Å². The van der Waals surface area contributed by atoms with E-state index in [-0.39, 0.29) is 5.91 Å². The van der Waals surface area contributed by atoms with Gasteiger partial charge >= 0.3 is 0 Å². The van der Waals surface area contributed by atoms with Crippen molar-refractivity contribution in [2.24, 2.45) is 0 Å². The number of aryl methyl sites for hydroxylation is 1. The van der Waals surface area contributed by atoms with Gasteiger partial charge in [0, 0.05) is 19.7 Å². The first-order valence-electron chi connectivity index (χ1n) is 5.96. The van der Waals surface area contributed by atoms with Crippen molar-refractivity contribution in [3.8, 4) is 11.1 Å². The minimum absolute atomic E-state index is 0.0314. The molecule has 0 aliphatic heterocycles. The van der Waals surface area contributed by atoms with Gasteiger partial charge < -0.3 is 4.90 Å². The van der Waals surface area contributed by atoms with Gasteiger partial charge in [-0.25, -0.2) is 0 Å². The van der Waals surface area contributed by atoms with Crippen molar-refractivity contribution >= 4 is 5.91 Å². The number of nitrogens with zero attached hydrogens (tertiary/aromatic N) is 1. The van der Waals surface area contributed by atoms with Crippen LogP contribution in [-0.2, 0) is 0 Å². The summed E-state index contributed by atoms with van der Waals surface area (Å²) in [7, 11) is 3.53. The van der Waals surface area contributed by atoms with Crippen LogP contribution in [0.15, 0.2) is 48.5 Å². The van der Waals surface area contributed by atoms with Crippen molar-refractivity contribution < 1.29 is 4.79 Å². The molecule has 0 aliphatic rings. The summed E-state index contributed by atoms with van der Waals surface area (Å²) in [5, 5.41) is 0. The van der Waals surface area contributed by atoms with Crippen molar-refractivity contribution in [1.82, 2.24) is 4.90 Å². The van der Waals surface area contributed by atoms with Crippen molar-refractivity contribution in [2.45, 2.75) is 6.92 Å². The minimum Gasteiger partial charge on any atom is -0.345 e. The van der Waals surface area contributed by atoms with Crippen LogP contribution in [0.1, 0.15) is 15.9 Å². The van der Waals surface area contributed by atoms with Crippen molar-refractivity contribution in [2.75, 3.05) is 14.1 Å². The maximum absolute atomic E-state index is 11.9. The van der Waals surface area contributed by atoms with Gasteiger partial charge in [0.25, 0.3) is 5.91 Å². The van der Waals surface area contributed by atoms with E-state index < -0.39 is 0 Å². The van der Waals surface area contributed by atoms with Crippen LogP contribution in [0.5, 0.6) is 0 Å². The van der Waals surface area contributed by atoms with Crippen LogP contribution < -0.4 is 0 Å². The molecule has 0 aromatic heterocycles. The molecule has 0 heterocycles. The quantitative estimate of drug-likeness (QED) is 0.787. The second-order valence-electron chi connectivity index (χ2n) is 4.65. The summed E-state index contributed by atoms with van der Waals surface area (Å²) in [6, 6.07) is 16.0. The number of hydrogen-bond acceptors (Lipinski definition) is 1. The smallest absolute Gasteiger partial charge is 0.253 e. The fraction of sp³-hybridized carbons (Fsp3) is 0.188. The van der Waals surface area contributed by atoms with E-state index in [1.54, 1.807) is 19.0 Å². The third-order valence-electron chi connectivity index (χ3n) is 2.90. The maximum atomic E-state index is 11.9. The molecule has 0 aliphatic carbocycles. The predicted molar refractivity (Wildman–Crippen MR) is 74.6 cm³/mol. The molecule has 2 aromatic carbocycles. The van der Waals surface area contributed by atoms with Gasteiger partial charge in [0.2, 0.25) is 0 Å². The number of amides is 1. The number of benzene rings is 2. The molecule has 0 unspecified atom stereocenters. The summed E-state index contributed by atoms with van der Waals surface area (Å²) in [4.78, 5) is 13.5. The lowest BCUT2D eigenvalue weighted by atomic mass is 10.0. The molecule has 2 rings (SSSR count). The van der Waals surface area contributed by atoms with Gasteiger partial charge in [0.1, 0.15) is 0 Å². The molecule has 0 atom stereocenters. The standard InChI is InChI=1S/C16H17NO/c1-12-7-9-13(10-8-12)14-5-4-6-15(11-14)16(18)17(2)3/h4-11H,1-3H3. The Labute approximate surface area is 108 Å². The fourth-order valence-corrected chi connectivity index (χ4v) is 1.84. The molecule has 0 N–H and O–H groups in total. The van der Waals surface area contributed by atoms with Crippen LogP contribution in [-0.4, -0.2) is 24.9 Å². The lowest BCUT2D eigenvalue weighted by molar-refractivity contribution is 0.0827. The lowest BCUT2D eigenvalue weighted by Gasteiger charge is -2.11. The molecule has 92 valence electrons. The molecule has 1 amide bonds.